The molecular formula is C19H25NS. The van der Waals surface area contributed by atoms with Gasteiger partial charge < -0.3 is 0 Å². The molecule has 0 unspecified atom stereocenters. The molecule has 2 heteroatoms. The quantitative estimate of drug-likeness (QED) is 0.657. The zero-order chi connectivity index (χ0) is 14.1. The average molecular weight is 299 g/mol. The van der Waals surface area contributed by atoms with Crippen LogP contribution in [0.4, 0.5) is 0 Å². The van der Waals surface area contributed by atoms with Gasteiger partial charge in [0.25, 0.3) is 0 Å². The number of fused-ring (bicyclic) bond motifs is 1. The summed E-state index contributed by atoms with van der Waals surface area (Å²) in [5.74, 6) is 0. The lowest BCUT2D eigenvalue weighted by Gasteiger charge is -2.41. The van der Waals surface area contributed by atoms with E-state index in [1.165, 1.54) is 74.5 Å². The minimum absolute atomic E-state index is 0.358. The lowest BCUT2D eigenvalue weighted by atomic mass is 9.86. The Morgan fingerprint density at radius 3 is 2.29 bits per heavy atom. The Morgan fingerprint density at radius 2 is 1.57 bits per heavy atom. The molecular weight excluding hydrogens is 274 g/mol. The summed E-state index contributed by atoms with van der Waals surface area (Å²) in [5, 5.41) is 1.44. The highest BCUT2D eigenvalue weighted by Gasteiger charge is 2.40. The Morgan fingerprint density at radius 1 is 0.857 bits per heavy atom. The SMILES string of the molecule is c1ccc2sc(C3(N4CCCC4)CCCCCC3)cc2c1. The number of nitrogens with zero attached hydrogens (tertiary/aromatic N) is 1. The van der Waals surface area contributed by atoms with E-state index in [1.54, 1.807) is 4.88 Å². The van der Waals surface area contributed by atoms with Crippen molar-refractivity contribution in [1.29, 1.82) is 0 Å². The fourth-order valence-corrected chi connectivity index (χ4v) is 5.73. The maximum atomic E-state index is 2.84. The van der Waals surface area contributed by atoms with Crippen molar-refractivity contribution in [3.8, 4) is 0 Å². The first-order valence-electron chi connectivity index (χ1n) is 8.63. The van der Waals surface area contributed by atoms with Crippen molar-refractivity contribution in [1.82, 2.24) is 4.90 Å². The Bertz CT molecular complexity index is 568. The summed E-state index contributed by atoms with van der Waals surface area (Å²) in [5.41, 5.74) is 0.358. The maximum Gasteiger partial charge on any atom is 0.0554 e. The number of rotatable bonds is 2. The normalized spacial score (nSPS) is 23.4. The Balaban J connectivity index is 1.80. The molecule has 0 radical (unpaired) electrons. The molecule has 0 N–H and O–H groups in total. The second-order valence-corrected chi connectivity index (χ2v) is 7.87. The molecule has 1 aliphatic carbocycles. The highest BCUT2D eigenvalue weighted by molar-refractivity contribution is 7.19. The predicted octanol–water partition coefficient (Wildman–Crippen LogP) is 5.55. The van der Waals surface area contributed by atoms with Gasteiger partial charge in [0.2, 0.25) is 0 Å². The zero-order valence-electron chi connectivity index (χ0n) is 12.8. The molecule has 21 heavy (non-hydrogen) atoms. The Hall–Kier alpha value is -0.860. The molecule has 2 aromatic rings. The van der Waals surface area contributed by atoms with E-state index >= 15 is 0 Å². The summed E-state index contributed by atoms with van der Waals surface area (Å²) in [6.45, 7) is 2.63. The molecule has 0 atom stereocenters. The van der Waals surface area contributed by atoms with Gasteiger partial charge >= 0.3 is 0 Å². The molecule has 112 valence electrons. The van der Waals surface area contributed by atoms with Gasteiger partial charge in [0.05, 0.1) is 5.54 Å². The third-order valence-electron chi connectivity index (χ3n) is 5.53. The largest absolute Gasteiger partial charge is 0.293 e. The average Bonchev–Trinajstić information content (AvgIpc) is 3.13. The van der Waals surface area contributed by atoms with Crippen molar-refractivity contribution < 1.29 is 0 Å². The molecule has 4 rings (SSSR count). The van der Waals surface area contributed by atoms with Gasteiger partial charge in [-0.25, -0.2) is 0 Å². The first kappa shape index (κ1) is 13.8. The smallest absolute Gasteiger partial charge is 0.0554 e. The summed E-state index contributed by atoms with van der Waals surface area (Å²) >= 11 is 2.06. The molecule has 2 aliphatic rings. The molecule has 2 fully saturated rings. The molecule has 0 spiro atoms. The summed E-state index contributed by atoms with van der Waals surface area (Å²) in [7, 11) is 0. The Labute approximate surface area is 132 Å². The minimum atomic E-state index is 0.358. The maximum absolute atomic E-state index is 2.84. The van der Waals surface area contributed by atoms with Crippen LogP contribution in [0.1, 0.15) is 56.2 Å². The van der Waals surface area contributed by atoms with Gasteiger partial charge in [-0.05, 0) is 56.3 Å². The van der Waals surface area contributed by atoms with Crippen molar-refractivity contribution in [2.24, 2.45) is 0 Å². The van der Waals surface area contributed by atoms with E-state index < -0.39 is 0 Å². The summed E-state index contributed by atoms with van der Waals surface area (Å²) in [6.07, 6.45) is 11.2. The summed E-state index contributed by atoms with van der Waals surface area (Å²) in [4.78, 5) is 4.48. The zero-order valence-corrected chi connectivity index (χ0v) is 13.6. The fourth-order valence-electron chi connectivity index (χ4n) is 4.39. The van der Waals surface area contributed by atoms with Crippen LogP contribution in [0.25, 0.3) is 10.1 Å². The van der Waals surface area contributed by atoms with E-state index in [1.807, 2.05) is 0 Å². The topological polar surface area (TPSA) is 3.24 Å². The van der Waals surface area contributed by atoms with Crippen LogP contribution in [-0.2, 0) is 5.54 Å². The van der Waals surface area contributed by atoms with Crippen molar-refractivity contribution in [3.05, 3.63) is 35.2 Å². The number of benzene rings is 1. The first-order chi connectivity index (χ1) is 10.4. The van der Waals surface area contributed by atoms with Crippen LogP contribution in [0.2, 0.25) is 0 Å². The second-order valence-electron chi connectivity index (χ2n) is 6.79. The van der Waals surface area contributed by atoms with Crippen LogP contribution < -0.4 is 0 Å². The van der Waals surface area contributed by atoms with Crippen molar-refractivity contribution in [2.75, 3.05) is 13.1 Å². The van der Waals surface area contributed by atoms with E-state index in [-0.39, 0.29) is 0 Å². The van der Waals surface area contributed by atoms with E-state index in [4.69, 9.17) is 0 Å². The van der Waals surface area contributed by atoms with Crippen molar-refractivity contribution >= 4 is 21.4 Å². The van der Waals surface area contributed by atoms with Crippen LogP contribution >= 0.6 is 11.3 Å². The first-order valence-corrected chi connectivity index (χ1v) is 9.44. The van der Waals surface area contributed by atoms with Gasteiger partial charge in [-0.1, -0.05) is 43.9 Å². The molecule has 1 saturated carbocycles. The van der Waals surface area contributed by atoms with Crippen molar-refractivity contribution in [2.45, 2.75) is 56.9 Å². The summed E-state index contributed by atoms with van der Waals surface area (Å²) < 4.78 is 1.47. The van der Waals surface area contributed by atoms with Gasteiger partial charge in [0.15, 0.2) is 0 Å². The molecule has 1 aromatic heterocycles. The third kappa shape index (κ3) is 2.43. The molecule has 1 nitrogen and oxygen atoms in total. The molecule has 0 bridgehead atoms. The number of hydrogen-bond acceptors (Lipinski definition) is 2. The van der Waals surface area contributed by atoms with Crippen molar-refractivity contribution in [3.63, 3.8) is 0 Å². The van der Waals surface area contributed by atoms with Gasteiger partial charge in [-0.15, -0.1) is 11.3 Å². The standard InChI is InChI=1S/C19H25NS/c1-2-6-12-19(11-5-1,20-13-7-8-14-20)18-15-16-9-3-4-10-17(16)21-18/h3-4,9-10,15H,1-2,5-8,11-14H2. The lowest BCUT2D eigenvalue weighted by molar-refractivity contribution is 0.0995. The molecule has 1 saturated heterocycles. The lowest BCUT2D eigenvalue weighted by Crippen LogP contribution is -2.43. The van der Waals surface area contributed by atoms with Gasteiger partial charge in [0, 0.05) is 9.58 Å². The number of likely N-dealkylation sites (tertiary alicyclic amines) is 1. The van der Waals surface area contributed by atoms with Gasteiger partial charge in [0.1, 0.15) is 0 Å². The number of hydrogen-bond donors (Lipinski definition) is 0. The number of thiophene rings is 1. The third-order valence-corrected chi connectivity index (χ3v) is 6.84. The van der Waals surface area contributed by atoms with E-state index in [0.717, 1.165) is 0 Å². The van der Waals surface area contributed by atoms with Crippen LogP contribution in [0, 0.1) is 0 Å². The monoisotopic (exact) mass is 299 g/mol. The predicted molar refractivity (Wildman–Crippen MR) is 92.0 cm³/mol. The molecule has 1 aliphatic heterocycles. The molecule has 1 aromatic carbocycles. The highest BCUT2D eigenvalue weighted by Crippen LogP contribution is 2.46. The van der Waals surface area contributed by atoms with Crippen LogP contribution in [0.5, 0.6) is 0 Å². The van der Waals surface area contributed by atoms with E-state index in [0.29, 0.717) is 5.54 Å². The van der Waals surface area contributed by atoms with Crippen LogP contribution in [-0.4, -0.2) is 18.0 Å². The van der Waals surface area contributed by atoms with Gasteiger partial charge in [-0.3, -0.25) is 4.90 Å². The second kappa shape index (κ2) is 5.73. The summed E-state index contributed by atoms with van der Waals surface area (Å²) in [6, 6.07) is 11.4. The Kier molecular flexibility index (Phi) is 3.76. The highest BCUT2D eigenvalue weighted by atomic mass is 32.1. The van der Waals surface area contributed by atoms with E-state index in [2.05, 4.69) is 46.6 Å². The minimum Gasteiger partial charge on any atom is -0.293 e. The van der Waals surface area contributed by atoms with Gasteiger partial charge in [-0.2, -0.15) is 0 Å². The molecule has 0 amide bonds. The molecule has 2 heterocycles. The van der Waals surface area contributed by atoms with E-state index in [9.17, 15) is 0 Å². The van der Waals surface area contributed by atoms with Crippen LogP contribution in [0.3, 0.4) is 0 Å². The van der Waals surface area contributed by atoms with Crippen LogP contribution in [0.15, 0.2) is 30.3 Å². The fraction of sp³-hybridized carbons (Fsp3) is 0.579.